The Morgan fingerprint density at radius 2 is 2.05 bits per heavy atom. The van der Waals surface area contributed by atoms with Gasteiger partial charge in [-0.15, -0.1) is 0 Å². The number of hydrogen-bond donors (Lipinski definition) is 1. The van der Waals surface area contributed by atoms with Crippen LogP contribution in [0.2, 0.25) is 5.02 Å². The second-order valence-electron chi connectivity index (χ2n) is 4.55. The minimum absolute atomic E-state index is 0.311. The molecule has 0 fully saturated rings. The van der Waals surface area contributed by atoms with Crippen LogP contribution in [0.25, 0.3) is 11.1 Å². The van der Waals surface area contributed by atoms with Gasteiger partial charge in [-0.25, -0.2) is 9.37 Å². The van der Waals surface area contributed by atoms with Crippen LogP contribution in [0, 0.1) is 5.82 Å². The van der Waals surface area contributed by atoms with Gasteiger partial charge < -0.3 is 10.2 Å². The Morgan fingerprint density at radius 1 is 1.25 bits per heavy atom. The highest BCUT2D eigenvalue weighted by molar-refractivity contribution is 6.30. The quantitative estimate of drug-likeness (QED) is 0.797. The standard InChI is InChI=1S/C15H12ClFN2O/c16-9-5-6-11(17)10(7-9)12(18)8-15-19-13-3-1-2-4-14(13)20-15/h1-7,12H,8,18H2. The first-order valence-electron chi connectivity index (χ1n) is 6.18. The molecule has 20 heavy (non-hydrogen) atoms. The van der Waals surface area contributed by atoms with Crippen LogP contribution >= 0.6 is 11.6 Å². The van der Waals surface area contributed by atoms with Gasteiger partial charge in [0.1, 0.15) is 11.3 Å². The predicted octanol–water partition coefficient (Wildman–Crippen LogP) is 3.86. The van der Waals surface area contributed by atoms with Crippen molar-refractivity contribution in [3.8, 4) is 0 Å². The summed E-state index contributed by atoms with van der Waals surface area (Å²) in [6.45, 7) is 0. The lowest BCUT2D eigenvalue weighted by Crippen LogP contribution is -2.15. The van der Waals surface area contributed by atoms with Crippen LogP contribution in [-0.2, 0) is 6.42 Å². The Hall–Kier alpha value is -1.91. The minimum Gasteiger partial charge on any atom is -0.441 e. The number of aromatic nitrogens is 1. The van der Waals surface area contributed by atoms with Crippen molar-refractivity contribution in [1.82, 2.24) is 4.98 Å². The molecule has 1 aromatic heterocycles. The summed E-state index contributed by atoms with van der Waals surface area (Å²) in [6.07, 6.45) is 0.311. The van der Waals surface area contributed by atoms with Crippen LogP contribution < -0.4 is 5.73 Å². The van der Waals surface area contributed by atoms with E-state index in [1.165, 1.54) is 18.2 Å². The molecule has 1 heterocycles. The summed E-state index contributed by atoms with van der Waals surface area (Å²) in [5.74, 6) is 0.107. The zero-order valence-electron chi connectivity index (χ0n) is 10.5. The Kier molecular flexibility index (Phi) is 3.42. The first-order chi connectivity index (χ1) is 9.63. The molecule has 5 heteroatoms. The van der Waals surface area contributed by atoms with Crippen LogP contribution in [-0.4, -0.2) is 4.98 Å². The van der Waals surface area contributed by atoms with Crippen molar-refractivity contribution < 1.29 is 8.81 Å². The molecular formula is C15H12ClFN2O. The maximum atomic E-state index is 13.7. The Balaban J connectivity index is 1.88. The second-order valence-corrected chi connectivity index (χ2v) is 4.99. The van der Waals surface area contributed by atoms with E-state index in [1.807, 2.05) is 24.3 Å². The third-order valence-corrected chi connectivity index (χ3v) is 3.33. The maximum Gasteiger partial charge on any atom is 0.197 e. The molecule has 3 aromatic rings. The van der Waals surface area contributed by atoms with Crippen LogP contribution in [0.1, 0.15) is 17.5 Å². The Bertz CT molecular complexity index is 723. The summed E-state index contributed by atoms with van der Waals surface area (Å²) in [6, 6.07) is 11.2. The fourth-order valence-corrected chi connectivity index (χ4v) is 2.28. The number of halogens is 2. The molecule has 0 saturated carbocycles. The van der Waals surface area contributed by atoms with Crippen molar-refractivity contribution in [2.24, 2.45) is 5.73 Å². The lowest BCUT2D eigenvalue weighted by Gasteiger charge is -2.11. The molecule has 0 aliphatic heterocycles. The van der Waals surface area contributed by atoms with Gasteiger partial charge in [0.2, 0.25) is 0 Å². The molecule has 0 amide bonds. The van der Waals surface area contributed by atoms with Gasteiger partial charge in [0.05, 0.1) is 0 Å². The van der Waals surface area contributed by atoms with Crippen molar-refractivity contribution in [3.63, 3.8) is 0 Å². The van der Waals surface area contributed by atoms with Gasteiger partial charge >= 0.3 is 0 Å². The zero-order valence-corrected chi connectivity index (χ0v) is 11.3. The molecule has 1 unspecified atom stereocenters. The van der Waals surface area contributed by atoms with Crippen LogP contribution in [0.3, 0.4) is 0 Å². The van der Waals surface area contributed by atoms with E-state index in [0.717, 1.165) is 5.52 Å². The summed E-state index contributed by atoms with van der Waals surface area (Å²) in [5, 5.41) is 0.453. The SMILES string of the molecule is NC(Cc1nc2ccccc2o1)c1cc(Cl)ccc1F. The highest BCUT2D eigenvalue weighted by Crippen LogP contribution is 2.24. The molecule has 0 radical (unpaired) electrons. The van der Waals surface area contributed by atoms with E-state index < -0.39 is 6.04 Å². The van der Waals surface area contributed by atoms with E-state index in [2.05, 4.69) is 4.98 Å². The van der Waals surface area contributed by atoms with Crippen molar-refractivity contribution in [3.05, 3.63) is 64.8 Å². The highest BCUT2D eigenvalue weighted by atomic mass is 35.5. The number of fused-ring (bicyclic) bond motifs is 1. The van der Waals surface area contributed by atoms with Gasteiger partial charge in [-0.3, -0.25) is 0 Å². The first-order valence-corrected chi connectivity index (χ1v) is 6.56. The number of oxazole rings is 1. The van der Waals surface area contributed by atoms with Gasteiger partial charge in [-0.2, -0.15) is 0 Å². The smallest absolute Gasteiger partial charge is 0.197 e. The maximum absolute atomic E-state index is 13.7. The molecule has 2 aromatic carbocycles. The van der Waals surface area contributed by atoms with Crippen molar-refractivity contribution in [1.29, 1.82) is 0 Å². The number of para-hydroxylation sites is 2. The summed E-state index contributed by atoms with van der Waals surface area (Å²) >= 11 is 5.87. The zero-order chi connectivity index (χ0) is 14.1. The summed E-state index contributed by atoms with van der Waals surface area (Å²) in [5.41, 5.74) is 7.84. The van der Waals surface area contributed by atoms with Gasteiger partial charge in [0, 0.05) is 23.0 Å². The molecule has 0 bridgehead atoms. The summed E-state index contributed by atoms with van der Waals surface area (Å²) in [7, 11) is 0. The number of nitrogens with zero attached hydrogens (tertiary/aromatic N) is 1. The largest absolute Gasteiger partial charge is 0.441 e. The average molecular weight is 291 g/mol. The Labute approximate surface area is 120 Å². The molecule has 3 nitrogen and oxygen atoms in total. The van der Waals surface area contributed by atoms with E-state index in [4.69, 9.17) is 21.8 Å². The lowest BCUT2D eigenvalue weighted by molar-refractivity contribution is 0.492. The number of benzene rings is 2. The fourth-order valence-electron chi connectivity index (χ4n) is 2.10. The van der Waals surface area contributed by atoms with E-state index in [9.17, 15) is 4.39 Å². The average Bonchev–Trinajstić information content (AvgIpc) is 2.83. The van der Waals surface area contributed by atoms with Gasteiger partial charge in [0.25, 0.3) is 0 Å². The molecule has 0 aliphatic carbocycles. The minimum atomic E-state index is -0.554. The van der Waals surface area contributed by atoms with E-state index in [1.54, 1.807) is 0 Å². The molecule has 0 aliphatic rings. The molecule has 0 spiro atoms. The van der Waals surface area contributed by atoms with Gasteiger partial charge in [-0.05, 0) is 30.3 Å². The highest BCUT2D eigenvalue weighted by Gasteiger charge is 2.16. The number of hydrogen-bond acceptors (Lipinski definition) is 3. The molecule has 2 N–H and O–H groups in total. The topological polar surface area (TPSA) is 52.0 Å². The van der Waals surface area contributed by atoms with Crippen molar-refractivity contribution in [2.75, 3.05) is 0 Å². The van der Waals surface area contributed by atoms with Gasteiger partial charge in [0.15, 0.2) is 11.5 Å². The number of rotatable bonds is 3. The van der Waals surface area contributed by atoms with Crippen LogP contribution in [0.4, 0.5) is 4.39 Å². The lowest BCUT2D eigenvalue weighted by atomic mass is 10.0. The Morgan fingerprint density at radius 3 is 2.85 bits per heavy atom. The normalized spacial score (nSPS) is 12.8. The van der Waals surface area contributed by atoms with Crippen LogP contribution in [0.5, 0.6) is 0 Å². The fraction of sp³-hybridized carbons (Fsp3) is 0.133. The van der Waals surface area contributed by atoms with Crippen molar-refractivity contribution >= 4 is 22.7 Å². The molecule has 3 rings (SSSR count). The monoisotopic (exact) mass is 290 g/mol. The van der Waals surface area contributed by atoms with Crippen LogP contribution in [0.15, 0.2) is 46.9 Å². The summed E-state index contributed by atoms with van der Waals surface area (Å²) in [4.78, 5) is 4.33. The van der Waals surface area contributed by atoms with E-state index in [0.29, 0.717) is 28.5 Å². The van der Waals surface area contributed by atoms with E-state index in [-0.39, 0.29) is 5.82 Å². The third kappa shape index (κ3) is 2.53. The van der Waals surface area contributed by atoms with Gasteiger partial charge in [-0.1, -0.05) is 23.7 Å². The predicted molar refractivity (Wildman–Crippen MR) is 76.1 cm³/mol. The van der Waals surface area contributed by atoms with Crippen molar-refractivity contribution in [2.45, 2.75) is 12.5 Å². The first kappa shape index (κ1) is 13.1. The molecule has 0 saturated heterocycles. The molecule has 102 valence electrons. The molecular weight excluding hydrogens is 279 g/mol. The second kappa shape index (κ2) is 5.23. The summed E-state index contributed by atoms with van der Waals surface area (Å²) < 4.78 is 19.3. The molecule has 1 atom stereocenters. The number of nitrogens with two attached hydrogens (primary N) is 1. The third-order valence-electron chi connectivity index (χ3n) is 3.09. The van der Waals surface area contributed by atoms with E-state index >= 15 is 0 Å².